The molecule has 0 saturated carbocycles. The monoisotopic (exact) mass is 232 g/mol. The highest BCUT2D eigenvalue weighted by atomic mass is 16.6. The standard InChI is InChI=1S/C11H8N2O4/c1-17-11(14)6-9(7-12)8-2-4-10(5-3-8)13(15)16/h2-6H,1H3. The van der Waals surface area contributed by atoms with Gasteiger partial charge < -0.3 is 4.74 Å². The molecular formula is C11H8N2O4. The number of ether oxygens (including phenoxy) is 1. The molecule has 1 rings (SSSR count). The summed E-state index contributed by atoms with van der Waals surface area (Å²) >= 11 is 0. The van der Waals surface area contributed by atoms with Crippen LogP contribution in [0.25, 0.3) is 5.57 Å². The molecule has 0 aromatic heterocycles. The van der Waals surface area contributed by atoms with Gasteiger partial charge in [-0.15, -0.1) is 0 Å². The minimum atomic E-state index is -0.653. The SMILES string of the molecule is COC(=O)C=C(C#N)c1ccc([N+](=O)[O-])cc1. The Morgan fingerprint density at radius 2 is 2.06 bits per heavy atom. The first-order valence-corrected chi connectivity index (χ1v) is 4.53. The molecule has 0 N–H and O–H groups in total. The van der Waals surface area contributed by atoms with Crippen molar-refractivity contribution in [2.75, 3.05) is 7.11 Å². The molecule has 0 fully saturated rings. The van der Waals surface area contributed by atoms with Gasteiger partial charge in [0, 0.05) is 18.2 Å². The Morgan fingerprint density at radius 3 is 2.47 bits per heavy atom. The molecule has 0 aliphatic rings. The lowest BCUT2D eigenvalue weighted by Gasteiger charge is -1.98. The summed E-state index contributed by atoms with van der Waals surface area (Å²) in [7, 11) is 1.20. The number of non-ortho nitro benzene ring substituents is 1. The van der Waals surface area contributed by atoms with Gasteiger partial charge in [0.15, 0.2) is 0 Å². The van der Waals surface area contributed by atoms with Crippen molar-refractivity contribution >= 4 is 17.2 Å². The number of carbonyl (C=O) groups is 1. The van der Waals surface area contributed by atoms with E-state index < -0.39 is 10.9 Å². The van der Waals surface area contributed by atoms with E-state index in [0.717, 1.165) is 6.08 Å². The van der Waals surface area contributed by atoms with Gasteiger partial charge in [-0.25, -0.2) is 4.79 Å². The molecule has 6 heteroatoms. The molecule has 1 aromatic carbocycles. The Labute approximate surface area is 96.9 Å². The molecule has 0 heterocycles. The van der Waals surface area contributed by atoms with Crippen molar-refractivity contribution in [1.29, 1.82) is 5.26 Å². The second-order valence-electron chi connectivity index (χ2n) is 3.00. The Kier molecular flexibility index (Phi) is 3.95. The third-order valence-electron chi connectivity index (χ3n) is 1.97. The summed E-state index contributed by atoms with van der Waals surface area (Å²) in [4.78, 5) is 20.9. The van der Waals surface area contributed by atoms with Crippen molar-refractivity contribution in [3.8, 4) is 6.07 Å². The zero-order chi connectivity index (χ0) is 12.8. The molecule has 0 spiro atoms. The zero-order valence-electron chi connectivity index (χ0n) is 8.91. The molecular weight excluding hydrogens is 224 g/mol. The van der Waals surface area contributed by atoms with Crippen molar-refractivity contribution < 1.29 is 14.5 Å². The zero-order valence-corrected chi connectivity index (χ0v) is 8.91. The van der Waals surface area contributed by atoms with Gasteiger partial charge >= 0.3 is 5.97 Å². The van der Waals surface area contributed by atoms with Crippen molar-refractivity contribution in [2.24, 2.45) is 0 Å². The molecule has 0 unspecified atom stereocenters. The summed E-state index contributed by atoms with van der Waals surface area (Å²) < 4.78 is 4.39. The number of methoxy groups -OCH3 is 1. The van der Waals surface area contributed by atoms with E-state index in [1.54, 1.807) is 0 Å². The second kappa shape index (κ2) is 5.42. The van der Waals surface area contributed by atoms with Gasteiger partial charge in [-0.3, -0.25) is 10.1 Å². The van der Waals surface area contributed by atoms with E-state index in [0.29, 0.717) is 5.56 Å². The Morgan fingerprint density at radius 1 is 1.47 bits per heavy atom. The molecule has 0 amide bonds. The smallest absolute Gasteiger partial charge is 0.331 e. The van der Waals surface area contributed by atoms with Gasteiger partial charge in [-0.05, 0) is 17.7 Å². The number of carbonyl (C=O) groups excluding carboxylic acids is 1. The summed E-state index contributed by atoms with van der Waals surface area (Å²) in [6.07, 6.45) is 1.03. The number of hydrogen-bond donors (Lipinski definition) is 0. The van der Waals surface area contributed by atoms with Crippen LogP contribution in [0.1, 0.15) is 5.56 Å². The highest BCUT2D eigenvalue weighted by Gasteiger charge is 2.08. The molecule has 0 saturated heterocycles. The van der Waals surface area contributed by atoms with E-state index in [4.69, 9.17) is 5.26 Å². The lowest BCUT2D eigenvalue weighted by molar-refractivity contribution is -0.384. The highest BCUT2D eigenvalue weighted by molar-refractivity contribution is 5.95. The molecule has 0 radical (unpaired) electrons. The van der Waals surface area contributed by atoms with Crippen molar-refractivity contribution in [3.63, 3.8) is 0 Å². The van der Waals surface area contributed by atoms with Crippen molar-refractivity contribution in [3.05, 3.63) is 46.0 Å². The average Bonchev–Trinajstić information content (AvgIpc) is 2.35. The molecule has 86 valence electrons. The number of allylic oxidation sites excluding steroid dienone is 1. The number of nitrogens with zero attached hydrogens (tertiary/aromatic N) is 2. The van der Waals surface area contributed by atoms with E-state index in [9.17, 15) is 14.9 Å². The summed E-state index contributed by atoms with van der Waals surface area (Å²) in [6, 6.07) is 7.14. The summed E-state index contributed by atoms with van der Waals surface area (Å²) in [6.45, 7) is 0. The maximum Gasteiger partial charge on any atom is 0.331 e. The van der Waals surface area contributed by atoms with Crippen LogP contribution >= 0.6 is 0 Å². The fourth-order valence-electron chi connectivity index (χ4n) is 1.12. The van der Waals surface area contributed by atoms with E-state index in [-0.39, 0.29) is 11.3 Å². The second-order valence-corrected chi connectivity index (χ2v) is 3.00. The molecule has 0 aliphatic heterocycles. The quantitative estimate of drug-likeness (QED) is 0.260. The lowest BCUT2D eigenvalue weighted by atomic mass is 10.1. The third kappa shape index (κ3) is 3.14. The third-order valence-corrected chi connectivity index (χ3v) is 1.97. The van der Waals surface area contributed by atoms with Crippen molar-refractivity contribution in [2.45, 2.75) is 0 Å². The first kappa shape index (κ1) is 12.4. The summed E-state index contributed by atoms with van der Waals surface area (Å²) in [5.74, 6) is -0.653. The van der Waals surface area contributed by atoms with Crippen LogP contribution in [-0.4, -0.2) is 18.0 Å². The fourth-order valence-corrected chi connectivity index (χ4v) is 1.12. The topological polar surface area (TPSA) is 93.2 Å². The van der Waals surface area contributed by atoms with Crippen LogP contribution in [-0.2, 0) is 9.53 Å². The Balaban J connectivity index is 3.07. The minimum Gasteiger partial charge on any atom is -0.466 e. The molecule has 0 atom stereocenters. The van der Waals surface area contributed by atoms with E-state index in [2.05, 4.69) is 4.74 Å². The number of nitro benzene ring substituents is 1. The van der Waals surface area contributed by atoms with Crippen LogP contribution < -0.4 is 0 Å². The number of rotatable bonds is 3. The van der Waals surface area contributed by atoms with Gasteiger partial charge in [0.25, 0.3) is 5.69 Å². The molecule has 1 aromatic rings. The molecule has 17 heavy (non-hydrogen) atoms. The van der Waals surface area contributed by atoms with Crippen LogP contribution in [0.4, 0.5) is 5.69 Å². The molecule has 0 aliphatic carbocycles. The Hall–Kier alpha value is -2.68. The maximum atomic E-state index is 11.0. The van der Waals surface area contributed by atoms with Gasteiger partial charge in [-0.1, -0.05) is 0 Å². The van der Waals surface area contributed by atoms with Crippen LogP contribution in [0.3, 0.4) is 0 Å². The highest BCUT2D eigenvalue weighted by Crippen LogP contribution is 2.18. The van der Waals surface area contributed by atoms with E-state index >= 15 is 0 Å². The van der Waals surface area contributed by atoms with Gasteiger partial charge in [0.2, 0.25) is 0 Å². The minimum absolute atomic E-state index is 0.0795. The summed E-state index contributed by atoms with van der Waals surface area (Å²) in [5, 5.41) is 19.3. The maximum absolute atomic E-state index is 11.0. The van der Waals surface area contributed by atoms with E-state index in [1.165, 1.54) is 31.4 Å². The van der Waals surface area contributed by atoms with Crippen LogP contribution in [0, 0.1) is 21.4 Å². The number of benzene rings is 1. The number of hydrogen-bond acceptors (Lipinski definition) is 5. The Bertz CT molecular complexity index is 511. The predicted octanol–water partition coefficient (Wildman–Crippen LogP) is 1.67. The van der Waals surface area contributed by atoms with Gasteiger partial charge in [-0.2, -0.15) is 5.26 Å². The number of nitriles is 1. The van der Waals surface area contributed by atoms with Gasteiger partial charge in [0.05, 0.1) is 17.6 Å². The normalized spacial score (nSPS) is 10.5. The number of nitro groups is 1. The largest absolute Gasteiger partial charge is 0.466 e. The van der Waals surface area contributed by atoms with Crippen LogP contribution in [0.5, 0.6) is 0 Å². The predicted molar refractivity (Wildman–Crippen MR) is 58.7 cm³/mol. The van der Waals surface area contributed by atoms with Crippen LogP contribution in [0.15, 0.2) is 30.3 Å². The fraction of sp³-hybridized carbons (Fsp3) is 0.0909. The average molecular weight is 232 g/mol. The molecule has 0 bridgehead atoms. The van der Waals surface area contributed by atoms with Crippen molar-refractivity contribution in [1.82, 2.24) is 0 Å². The number of esters is 1. The first-order valence-electron chi connectivity index (χ1n) is 4.53. The van der Waals surface area contributed by atoms with E-state index in [1.807, 2.05) is 6.07 Å². The van der Waals surface area contributed by atoms with Crippen LogP contribution in [0.2, 0.25) is 0 Å². The molecule has 6 nitrogen and oxygen atoms in total. The first-order chi connectivity index (χ1) is 8.08. The van der Waals surface area contributed by atoms with Gasteiger partial charge in [0.1, 0.15) is 6.07 Å². The lowest BCUT2D eigenvalue weighted by Crippen LogP contribution is -1.96. The summed E-state index contributed by atoms with van der Waals surface area (Å²) in [5.41, 5.74) is 0.430.